The second-order valence-corrected chi connectivity index (χ2v) is 5.56. The Morgan fingerprint density at radius 3 is 2.88 bits per heavy atom. The molecule has 3 heterocycles. The SMILES string of the molecule is CC.O=C1c2cccc(=O)n2CC2(C3=CC=C=CC=C3)NCCN12. The molecule has 5 nitrogen and oxygen atoms in total. The van der Waals surface area contributed by atoms with Crippen LogP contribution in [0.4, 0.5) is 0 Å². The van der Waals surface area contributed by atoms with Gasteiger partial charge in [-0.25, -0.2) is 0 Å². The first kappa shape index (κ1) is 16.2. The minimum absolute atomic E-state index is 0.107. The molecule has 0 aromatic carbocycles. The molecule has 0 bridgehead atoms. The van der Waals surface area contributed by atoms with Crippen LogP contribution in [0.25, 0.3) is 0 Å². The number of rotatable bonds is 1. The topological polar surface area (TPSA) is 54.3 Å². The van der Waals surface area contributed by atoms with Crippen LogP contribution in [-0.2, 0) is 6.54 Å². The van der Waals surface area contributed by atoms with Crippen molar-refractivity contribution in [2.75, 3.05) is 13.1 Å². The maximum absolute atomic E-state index is 12.8. The van der Waals surface area contributed by atoms with Gasteiger partial charge in [0.05, 0.1) is 6.54 Å². The second kappa shape index (κ2) is 6.48. The number of carbonyl (C=O) groups excluding carboxylic acids is 1. The van der Waals surface area contributed by atoms with Crippen molar-refractivity contribution < 1.29 is 4.79 Å². The molecule has 1 fully saturated rings. The Balaban J connectivity index is 0.000000815. The first-order valence-electron chi connectivity index (χ1n) is 8.29. The van der Waals surface area contributed by atoms with Crippen molar-refractivity contribution in [3.63, 3.8) is 0 Å². The Labute approximate surface area is 141 Å². The fourth-order valence-corrected chi connectivity index (χ4v) is 3.40. The summed E-state index contributed by atoms with van der Waals surface area (Å²) in [5.41, 5.74) is 3.63. The highest BCUT2D eigenvalue weighted by atomic mass is 16.2. The van der Waals surface area contributed by atoms with Crippen LogP contribution in [0.5, 0.6) is 0 Å². The summed E-state index contributed by atoms with van der Waals surface area (Å²) in [6, 6.07) is 4.85. The van der Waals surface area contributed by atoms with Gasteiger partial charge in [-0.1, -0.05) is 32.1 Å². The van der Waals surface area contributed by atoms with E-state index in [9.17, 15) is 9.59 Å². The van der Waals surface area contributed by atoms with Gasteiger partial charge in [-0.2, -0.15) is 0 Å². The third kappa shape index (κ3) is 2.39. The van der Waals surface area contributed by atoms with Crippen LogP contribution >= 0.6 is 0 Å². The van der Waals surface area contributed by atoms with Gasteiger partial charge in [0, 0.05) is 19.2 Å². The van der Waals surface area contributed by atoms with E-state index in [-0.39, 0.29) is 11.5 Å². The number of nitrogens with zero attached hydrogens (tertiary/aromatic N) is 2. The minimum atomic E-state index is -0.665. The summed E-state index contributed by atoms with van der Waals surface area (Å²) < 4.78 is 1.56. The lowest BCUT2D eigenvalue weighted by molar-refractivity contribution is 0.0509. The predicted molar refractivity (Wildman–Crippen MR) is 93.7 cm³/mol. The molecule has 0 radical (unpaired) electrons. The van der Waals surface area contributed by atoms with E-state index in [4.69, 9.17) is 0 Å². The van der Waals surface area contributed by atoms with Crippen molar-refractivity contribution in [1.29, 1.82) is 0 Å². The Kier molecular flexibility index (Phi) is 4.38. The molecule has 1 aromatic heterocycles. The maximum atomic E-state index is 12.8. The Morgan fingerprint density at radius 1 is 1.21 bits per heavy atom. The molecular weight excluding hydrogens is 302 g/mol. The van der Waals surface area contributed by atoms with E-state index in [1.807, 2.05) is 49.1 Å². The number of nitrogens with one attached hydrogen (secondary N) is 1. The molecule has 3 aliphatic rings. The van der Waals surface area contributed by atoms with Gasteiger partial charge < -0.3 is 4.90 Å². The molecule has 124 valence electrons. The number of hydrogen-bond acceptors (Lipinski definition) is 3. The van der Waals surface area contributed by atoms with Crippen LogP contribution in [0.2, 0.25) is 0 Å². The van der Waals surface area contributed by atoms with E-state index >= 15 is 0 Å². The molecule has 0 saturated carbocycles. The summed E-state index contributed by atoms with van der Waals surface area (Å²) in [5, 5.41) is 3.43. The van der Waals surface area contributed by atoms with Crippen LogP contribution in [-0.4, -0.2) is 34.1 Å². The van der Waals surface area contributed by atoms with Crippen molar-refractivity contribution in [2.45, 2.75) is 26.1 Å². The third-order valence-corrected chi connectivity index (χ3v) is 4.42. The van der Waals surface area contributed by atoms with Gasteiger partial charge in [-0.15, -0.1) is 5.73 Å². The monoisotopic (exact) mass is 323 g/mol. The maximum Gasteiger partial charge on any atom is 0.272 e. The number of allylic oxidation sites excluding steroid dienone is 3. The Hall–Kier alpha value is -2.62. The number of carbonyl (C=O) groups is 1. The highest BCUT2D eigenvalue weighted by Gasteiger charge is 2.49. The van der Waals surface area contributed by atoms with Crippen molar-refractivity contribution in [3.8, 4) is 0 Å². The van der Waals surface area contributed by atoms with Crippen molar-refractivity contribution >= 4 is 5.91 Å². The van der Waals surface area contributed by atoms with Crippen LogP contribution in [0, 0.1) is 0 Å². The molecule has 5 heteroatoms. The Bertz CT molecular complexity index is 840. The summed E-state index contributed by atoms with van der Waals surface area (Å²) in [6.07, 6.45) is 9.46. The average Bonchev–Trinajstić information content (AvgIpc) is 2.86. The van der Waals surface area contributed by atoms with E-state index in [0.29, 0.717) is 25.3 Å². The van der Waals surface area contributed by atoms with E-state index in [1.54, 1.807) is 16.7 Å². The summed E-state index contributed by atoms with van der Waals surface area (Å²) >= 11 is 0. The molecule has 1 saturated heterocycles. The van der Waals surface area contributed by atoms with E-state index in [2.05, 4.69) is 11.0 Å². The van der Waals surface area contributed by atoms with Gasteiger partial charge in [-0.3, -0.25) is 19.5 Å². The molecule has 4 rings (SSSR count). The zero-order chi connectivity index (χ0) is 17.2. The first-order valence-corrected chi connectivity index (χ1v) is 8.29. The molecule has 1 amide bonds. The lowest BCUT2D eigenvalue weighted by atomic mass is 9.94. The van der Waals surface area contributed by atoms with Gasteiger partial charge in [0.15, 0.2) is 0 Å². The molecule has 24 heavy (non-hydrogen) atoms. The van der Waals surface area contributed by atoms with Crippen LogP contribution < -0.4 is 10.9 Å². The highest BCUT2D eigenvalue weighted by molar-refractivity contribution is 5.94. The molecular formula is C19H21N3O2. The van der Waals surface area contributed by atoms with Gasteiger partial charge in [0.2, 0.25) is 0 Å². The summed E-state index contributed by atoms with van der Waals surface area (Å²) in [4.78, 5) is 26.8. The van der Waals surface area contributed by atoms with Gasteiger partial charge in [0.1, 0.15) is 11.4 Å². The van der Waals surface area contributed by atoms with Crippen molar-refractivity contribution in [3.05, 3.63) is 75.9 Å². The highest BCUT2D eigenvalue weighted by Crippen LogP contribution is 2.33. The zero-order valence-electron chi connectivity index (χ0n) is 14.0. The molecule has 1 aliphatic carbocycles. The molecule has 1 N–H and O–H groups in total. The largest absolute Gasteiger partial charge is 0.312 e. The van der Waals surface area contributed by atoms with E-state index in [1.165, 1.54) is 6.07 Å². The van der Waals surface area contributed by atoms with E-state index < -0.39 is 5.66 Å². The lowest BCUT2D eigenvalue weighted by Gasteiger charge is -2.43. The molecule has 1 aromatic rings. The number of aromatic nitrogens is 1. The van der Waals surface area contributed by atoms with Crippen LogP contribution in [0.15, 0.2) is 64.7 Å². The average molecular weight is 323 g/mol. The number of fused-ring (bicyclic) bond motifs is 2. The number of hydrogen-bond donors (Lipinski definition) is 1. The van der Waals surface area contributed by atoms with Crippen LogP contribution in [0.1, 0.15) is 24.3 Å². The summed E-state index contributed by atoms with van der Waals surface area (Å²) in [6.45, 7) is 5.75. The third-order valence-electron chi connectivity index (χ3n) is 4.42. The van der Waals surface area contributed by atoms with Crippen LogP contribution in [0.3, 0.4) is 0 Å². The number of pyridine rings is 1. The quantitative estimate of drug-likeness (QED) is 0.802. The number of amides is 1. The molecule has 2 aliphatic heterocycles. The summed E-state index contributed by atoms with van der Waals surface area (Å²) in [5.74, 6) is -0.107. The van der Waals surface area contributed by atoms with Gasteiger partial charge in [0.25, 0.3) is 11.5 Å². The summed E-state index contributed by atoms with van der Waals surface area (Å²) in [7, 11) is 0. The zero-order valence-corrected chi connectivity index (χ0v) is 14.0. The minimum Gasteiger partial charge on any atom is -0.312 e. The second-order valence-electron chi connectivity index (χ2n) is 5.56. The normalized spacial score (nSPS) is 23.8. The fourth-order valence-electron chi connectivity index (χ4n) is 3.40. The standard InChI is InChI=1S/C17H15N3O2.C2H6/c21-15-9-5-8-14-16(22)20-11-10-18-17(20,12-19(14)15)13-6-3-1-2-4-7-13;1-2/h1,3-9,18H,10-12H2;1-2H3. The lowest BCUT2D eigenvalue weighted by Crippen LogP contribution is -2.62. The predicted octanol–water partition coefficient (Wildman–Crippen LogP) is 1.84. The van der Waals surface area contributed by atoms with Gasteiger partial charge >= 0.3 is 0 Å². The van der Waals surface area contributed by atoms with Gasteiger partial charge in [-0.05, 0) is 29.9 Å². The fraction of sp³-hybridized carbons (Fsp3) is 0.316. The molecule has 1 atom stereocenters. The molecule has 1 unspecified atom stereocenters. The Morgan fingerprint density at radius 2 is 2.04 bits per heavy atom. The smallest absolute Gasteiger partial charge is 0.272 e. The van der Waals surface area contributed by atoms with Crippen molar-refractivity contribution in [1.82, 2.24) is 14.8 Å². The van der Waals surface area contributed by atoms with Crippen molar-refractivity contribution in [2.24, 2.45) is 0 Å². The van der Waals surface area contributed by atoms with E-state index in [0.717, 1.165) is 5.57 Å². The molecule has 0 spiro atoms. The first-order chi connectivity index (χ1) is 11.7.